The highest BCUT2D eigenvalue weighted by Crippen LogP contribution is 2.27. The maximum Gasteiger partial charge on any atom is 0.261 e. The van der Waals surface area contributed by atoms with Crippen LogP contribution in [0.25, 0.3) is 0 Å². The lowest BCUT2D eigenvalue weighted by atomic mass is 10.1. The van der Waals surface area contributed by atoms with Gasteiger partial charge in [0, 0.05) is 11.4 Å². The van der Waals surface area contributed by atoms with Crippen LogP contribution >= 0.6 is 11.3 Å². The first-order chi connectivity index (χ1) is 10.0. The van der Waals surface area contributed by atoms with Gasteiger partial charge >= 0.3 is 0 Å². The van der Waals surface area contributed by atoms with Gasteiger partial charge in [0.25, 0.3) is 5.91 Å². The number of amides is 1. The van der Waals surface area contributed by atoms with Gasteiger partial charge in [-0.1, -0.05) is 13.8 Å². The first-order valence-electron chi connectivity index (χ1n) is 6.54. The van der Waals surface area contributed by atoms with E-state index in [0.717, 1.165) is 5.69 Å². The molecule has 0 radical (unpaired) electrons. The van der Waals surface area contributed by atoms with Crippen LogP contribution in [0.4, 0.5) is 5.13 Å². The average molecular weight is 306 g/mol. The van der Waals surface area contributed by atoms with Crippen LogP contribution in [0.1, 0.15) is 35.8 Å². The minimum atomic E-state index is -0.251. The molecule has 0 unspecified atom stereocenters. The fourth-order valence-corrected chi connectivity index (χ4v) is 2.63. The lowest BCUT2D eigenvalue weighted by Crippen LogP contribution is -2.13. The number of nitrogens with zero attached hydrogens (tertiary/aromatic N) is 1. The molecule has 0 saturated carbocycles. The maximum absolute atomic E-state index is 12.3. The third kappa shape index (κ3) is 3.52. The molecule has 21 heavy (non-hydrogen) atoms. The molecule has 6 heteroatoms. The fraction of sp³-hybridized carbons (Fsp3) is 0.333. The molecule has 2 aromatic rings. The summed E-state index contributed by atoms with van der Waals surface area (Å²) in [6, 6.07) is 5.07. The SMILES string of the molecule is COc1ccc(C(=O)Nc2nc(C(C)C)cs2)c(OC)c1. The Morgan fingerprint density at radius 2 is 2.05 bits per heavy atom. The molecule has 0 fully saturated rings. The Labute approximate surface area is 127 Å². The van der Waals surface area contributed by atoms with Crippen molar-refractivity contribution in [3.8, 4) is 11.5 Å². The largest absolute Gasteiger partial charge is 0.497 e. The second kappa shape index (κ2) is 6.58. The van der Waals surface area contributed by atoms with Crippen molar-refractivity contribution < 1.29 is 14.3 Å². The number of anilines is 1. The predicted molar refractivity (Wildman–Crippen MR) is 83.7 cm³/mol. The van der Waals surface area contributed by atoms with Crippen molar-refractivity contribution in [1.82, 2.24) is 4.98 Å². The Hall–Kier alpha value is -2.08. The van der Waals surface area contributed by atoms with E-state index >= 15 is 0 Å². The maximum atomic E-state index is 12.3. The Bertz CT molecular complexity index is 638. The van der Waals surface area contributed by atoms with E-state index in [1.165, 1.54) is 18.4 Å². The number of carbonyl (C=O) groups excluding carboxylic acids is 1. The number of hydrogen-bond donors (Lipinski definition) is 1. The molecular weight excluding hydrogens is 288 g/mol. The number of carbonyl (C=O) groups is 1. The molecule has 1 aromatic carbocycles. The molecule has 1 N–H and O–H groups in total. The number of nitrogens with one attached hydrogen (secondary N) is 1. The van der Waals surface area contributed by atoms with Gasteiger partial charge in [0.1, 0.15) is 11.5 Å². The summed E-state index contributed by atoms with van der Waals surface area (Å²) >= 11 is 1.41. The first-order valence-corrected chi connectivity index (χ1v) is 7.42. The molecule has 0 saturated heterocycles. The van der Waals surface area contributed by atoms with Gasteiger partial charge in [-0.2, -0.15) is 0 Å². The van der Waals surface area contributed by atoms with E-state index in [0.29, 0.717) is 28.1 Å². The van der Waals surface area contributed by atoms with E-state index in [4.69, 9.17) is 9.47 Å². The van der Waals surface area contributed by atoms with Gasteiger partial charge in [-0.3, -0.25) is 10.1 Å². The molecule has 0 spiro atoms. The zero-order valence-electron chi connectivity index (χ0n) is 12.5. The Morgan fingerprint density at radius 1 is 1.29 bits per heavy atom. The van der Waals surface area contributed by atoms with Crippen molar-refractivity contribution in [3.05, 3.63) is 34.8 Å². The molecule has 0 bridgehead atoms. The van der Waals surface area contributed by atoms with Gasteiger partial charge in [-0.15, -0.1) is 11.3 Å². The summed E-state index contributed by atoms with van der Waals surface area (Å²) in [6.07, 6.45) is 0. The Balaban J connectivity index is 2.19. The van der Waals surface area contributed by atoms with E-state index < -0.39 is 0 Å². The van der Waals surface area contributed by atoms with Crippen LogP contribution in [-0.2, 0) is 0 Å². The molecule has 1 heterocycles. The van der Waals surface area contributed by atoms with E-state index in [2.05, 4.69) is 24.1 Å². The third-order valence-corrected chi connectivity index (χ3v) is 3.76. The molecule has 1 aromatic heterocycles. The molecule has 5 nitrogen and oxygen atoms in total. The van der Waals surface area contributed by atoms with Gasteiger partial charge in [-0.25, -0.2) is 4.98 Å². The number of benzene rings is 1. The second-order valence-corrected chi connectivity index (χ2v) is 5.61. The summed E-state index contributed by atoms with van der Waals surface area (Å²) < 4.78 is 10.3. The summed E-state index contributed by atoms with van der Waals surface area (Å²) in [5.74, 6) is 1.19. The van der Waals surface area contributed by atoms with Gasteiger partial charge in [0.15, 0.2) is 5.13 Å². The van der Waals surface area contributed by atoms with Crippen molar-refractivity contribution in [2.75, 3.05) is 19.5 Å². The molecule has 0 atom stereocenters. The highest BCUT2D eigenvalue weighted by molar-refractivity contribution is 7.14. The first kappa shape index (κ1) is 15.3. The van der Waals surface area contributed by atoms with Crippen LogP contribution in [0.15, 0.2) is 23.6 Å². The summed E-state index contributed by atoms with van der Waals surface area (Å²) in [4.78, 5) is 16.7. The monoisotopic (exact) mass is 306 g/mol. The van der Waals surface area contributed by atoms with Crippen LogP contribution in [0.5, 0.6) is 11.5 Å². The topological polar surface area (TPSA) is 60.5 Å². The fourth-order valence-electron chi connectivity index (χ4n) is 1.76. The van der Waals surface area contributed by atoms with Crippen molar-refractivity contribution >= 4 is 22.4 Å². The second-order valence-electron chi connectivity index (χ2n) is 4.75. The molecular formula is C15H18N2O3S. The minimum Gasteiger partial charge on any atom is -0.497 e. The Morgan fingerprint density at radius 3 is 2.62 bits per heavy atom. The van der Waals surface area contributed by atoms with Gasteiger partial charge < -0.3 is 9.47 Å². The standard InChI is InChI=1S/C15H18N2O3S/c1-9(2)12-8-21-15(16-12)17-14(18)11-6-5-10(19-3)7-13(11)20-4/h5-9H,1-4H3,(H,16,17,18). The third-order valence-electron chi connectivity index (χ3n) is 2.99. The summed E-state index contributed by atoms with van der Waals surface area (Å²) in [5, 5.41) is 5.33. The van der Waals surface area contributed by atoms with E-state index in [1.54, 1.807) is 25.3 Å². The van der Waals surface area contributed by atoms with E-state index in [-0.39, 0.29) is 5.91 Å². The lowest BCUT2D eigenvalue weighted by molar-refractivity contribution is 0.102. The number of thiazole rings is 1. The number of aromatic nitrogens is 1. The molecule has 2 rings (SSSR count). The van der Waals surface area contributed by atoms with Crippen LogP contribution in [0.2, 0.25) is 0 Å². The van der Waals surface area contributed by atoms with Crippen molar-refractivity contribution in [1.29, 1.82) is 0 Å². The summed E-state index contributed by atoms with van der Waals surface area (Å²) in [7, 11) is 3.09. The number of ether oxygens (including phenoxy) is 2. The number of hydrogen-bond acceptors (Lipinski definition) is 5. The highest BCUT2D eigenvalue weighted by Gasteiger charge is 2.15. The normalized spacial score (nSPS) is 10.5. The van der Waals surface area contributed by atoms with E-state index in [9.17, 15) is 4.79 Å². The smallest absolute Gasteiger partial charge is 0.261 e. The zero-order valence-corrected chi connectivity index (χ0v) is 13.3. The van der Waals surface area contributed by atoms with Crippen LogP contribution in [0, 0.1) is 0 Å². The quantitative estimate of drug-likeness (QED) is 0.918. The molecule has 1 amide bonds. The van der Waals surface area contributed by atoms with E-state index in [1.807, 2.05) is 5.38 Å². The van der Waals surface area contributed by atoms with Gasteiger partial charge in [-0.05, 0) is 18.1 Å². The molecule has 0 aliphatic rings. The highest BCUT2D eigenvalue weighted by atomic mass is 32.1. The summed E-state index contributed by atoms with van der Waals surface area (Å²) in [6.45, 7) is 4.13. The summed E-state index contributed by atoms with van der Waals surface area (Å²) in [5.41, 5.74) is 1.41. The van der Waals surface area contributed by atoms with Crippen LogP contribution in [-0.4, -0.2) is 25.1 Å². The van der Waals surface area contributed by atoms with Crippen molar-refractivity contribution in [2.24, 2.45) is 0 Å². The molecule has 112 valence electrons. The average Bonchev–Trinajstić information content (AvgIpc) is 2.95. The van der Waals surface area contributed by atoms with Crippen molar-refractivity contribution in [3.63, 3.8) is 0 Å². The van der Waals surface area contributed by atoms with Crippen LogP contribution in [0.3, 0.4) is 0 Å². The van der Waals surface area contributed by atoms with Crippen LogP contribution < -0.4 is 14.8 Å². The Kier molecular flexibility index (Phi) is 4.80. The number of methoxy groups -OCH3 is 2. The van der Waals surface area contributed by atoms with Gasteiger partial charge in [0.05, 0.1) is 25.5 Å². The number of rotatable bonds is 5. The molecule has 0 aliphatic carbocycles. The zero-order chi connectivity index (χ0) is 15.4. The lowest BCUT2D eigenvalue weighted by Gasteiger charge is -2.09. The predicted octanol–water partition coefficient (Wildman–Crippen LogP) is 3.54. The van der Waals surface area contributed by atoms with Crippen molar-refractivity contribution in [2.45, 2.75) is 19.8 Å². The molecule has 0 aliphatic heterocycles. The van der Waals surface area contributed by atoms with Gasteiger partial charge in [0.2, 0.25) is 0 Å². The minimum absolute atomic E-state index is 0.251.